The summed E-state index contributed by atoms with van der Waals surface area (Å²) in [6.07, 6.45) is 4.45. The van der Waals surface area contributed by atoms with Crippen molar-refractivity contribution in [3.8, 4) is 0 Å². The number of aromatic nitrogens is 3. The number of hydrogen-bond donors (Lipinski definition) is 1. The molecular formula is C23H32N4O2S. The molecule has 7 heteroatoms. The van der Waals surface area contributed by atoms with Gasteiger partial charge in [-0.3, -0.25) is 0 Å². The van der Waals surface area contributed by atoms with Gasteiger partial charge in [0.2, 0.25) is 0 Å². The topological polar surface area (TPSA) is 69.2 Å². The van der Waals surface area contributed by atoms with Gasteiger partial charge in [-0.15, -0.1) is 11.3 Å². The first kappa shape index (κ1) is 21.4. The Labute approximate surface area is 182 Å². The molecule has 1 aliphatic heterocycles. The second-order valence-electron chi connectivity index (χ2n) is 9.00. The first-order chi connectivity index (χ1) is 14.4. The molecule has 3 aromatic rings. The summed E-state index contributed by atoms with van der Waals surface area (Å²) in [5.41, 5.74) is 4.63. The van der Waals surface area contributed by atoms with Crippen LogP contribution in [0.15, 0.2) is 6.33 Å². The molecule has 162 valence electrons. The largest absolute Gasteiger partial charge is 0.382 e. The number of rotatable bonds is 8. The Bertz CT molecular complexity index is 1040. The van der Waals surface area contributed by atoms with Gasteiger partial charge in [-0.1, -0.05) is 13.8 Å². The number of anilines is 1. The molecule has 0 amide bonds. The molecule has 0 bridgehead atoms. The van der Waals surface area contributed by atoms with E-state index in [4.69, 9.17) is 14.5 Å². The van der Waals surface area contributed by atoms with Crippen molar-refractivity contribution in [2.45, 2.75) is 66.1 Å². The summed E-state index contributed by atoms with van der Waals surface area (Å²) in [7, 11) is 0. The zero-order valence-electron chi connectivity index (χ0n) is 18.7. The Morgan fingerprint density at radius 1 is 1.27 bits per heavy atom. The molecule has 0 radical (unpaired) electrons. The predicted molar refractivity (Wildman–Crippen MR) is 123 cm³/mol. The molecule has 0 atom stereocenters. The molecule has 0 spiro atoms. The van der Waals surface area contributed by atoms with Crippen molar-refractivity contribution in [2.75, 3.05) is 25.1 Å². The van der Waals surface area contributed by atoms with Crippen LogP contribution in [0.4, 0.5) is 5.82 Å². The highest BCUT2D eigenvalue weighted by Gasteiger charge is 2.31. The van der Waals surface area contributed by atoms with Crippen LogP contribution in [0.2, 0.25) is 0 Å². The van der Waals surface area contributed by atoms with Crippen LogP contribution in [0.1, 0.15) is 57.9 Å². The highest BCUT2D eigenvalue weighted by atomic mass is 32.1. The predicted octanol–water partition coefficient (Wildman–Crippen LogP) is 5.13. The molecule has 3 aromatic heterocycles. The van der Waals surface area contributed by atoms with Crippen molar-refractivity contribution in [3.05, 3.63) is 23.1 Å². The van der Waals surface area contributed by atoms with E-state index in [2.05, 4.69) is 43.0 Å². The molecule has 0 fully saturated rings. The Morgan fingerprint density at radius 2 is 2.10 bits per heavy atom. The van der Waals surface area contributed by atoms with Gasteiger partial charge in [0.25, 0.3) is 0 Å². The summed E-state index contributed by atoms with van der Waals surface area (Å²) in [6, 6.07) is 0. The smallest absolute Gasteiger partial charge is 0.147 e. The average molecular weight is 429 g/mol. The van der Waals surface area contributed by atoms with E-state index in [0.29, 0.717) is 12.5 Å². The minimum absolute atomic E-state index is 0.183. The van der Waals surface area contributed by atoms with E-state index in [9.17, 15) is 0 Å². The van der Waals surface area contributed by atoms with Gasteiger partial charge >= 0.3 is 0 Å². The van der Waals surface area contributed by atoms with Gasteiger partial charge in [0.05, 0.1) is 22.4 Å². The molecule has 6 nitrogen and oxygen atoms in total. The lowest BCUT2D eigenvalue weighted by atomic mass is 9.88. The lowest BCUT2D eigenvalue weighted by molar-refractivity contribution is -0.0402. The second-order valence-corrected chi connectivity index (χ2v) is 10.00. The van der Waals surface area contributed by atoms with E-state index in [0.717, 1.165) is 59.9 Å². The molecular weight excluding hydrogens is 396 g/mol. The van der Waals surface area contributed by atoms with Crippen LogP contribution in [-0.4, -0.2) is 40.3 Å². The Kier molecular flexibility index (Phi) is 6.23. The molecule has 30 heavy (non-hydrogen) atoms. The first-order valence-corrected chi connectivity index (χ1v) is 11.7. The van der Waals surface area contributed by atoms with Gasteiger partial charge in [0.1, 0.15) is 17.0 Å². The van der Waals surface area contributed by atoms with Crippen LogP contribution in [0.3, 0.4) is 0 Å². The van der Waals surface area contributed by atoms with Crippen molar-refractivity contribution in [1.29, 1.82) is 0 Å². The summed E-state index contributed by atoms with van der Waals surface area (Å²) < 4.78 is 12.7. The van der Waals surface area contributed by atoms with Crippen molar-refractivity contribution >= 4 is 37.6 Å². The number of ether oxygens (including phenoxy) is 2. The molecule has 0 saturated carbocycles. The van der Waals surface area contributed by atoms with E-state index < -0.39 is 0 Å². The first-order valence-electron chi connectivity index (χ1n) is 10.9. The molecule has 0 aromatic carbocycles. The van der Waals surface area contributed by atoms with Crippen LogP contribution < -0.4 is 5.32 Å². The van der Waals surface area contributed by atoms with Gasteiger partial charge in [-0.05, 0) is 45.1 Å². The van der Waals surface area contributed by atoms with Crippen LogP contribution in [0.25, 0.3) is 20.4 Å². The molecule has 4 heterocycles. The maximum absolute atomic E-state index is 6.17. The number of pyridine rings is 1. The van der Waals surface area contributed by atoms with Gasteiger partial charge in [-0.2, -0.15) is 0 Å². The lowest BCUT2D eigenvalue weighted by Gasteiger charge is -2.33. The summed E-state index contributed by atoms with van der Waals surface area (Å²) in [5, 5.41) is 4.67. The molecule has 1 N–H and O–H groups in total. The lowest BCUT2D eigenvalue weighted by Crippen LogP contribution is -2.33. The fourth-order valence-electron chi connectivity index (χ4n) is 4.08. The monoisotopic (exact) mass is 428 g/mol. The van der Waals surface area contributed by atoms with Crippen molar-refractivity contribution < 1.29 is 9.47 Å². The highest BCUT2D eigenvalue weighted by molar-refractivity contribution is 7.26. The summed E-state index contributed by atoms with van der Waals surface area (Å²) in [4.78, 5) is 15.4. The number of nitrogens with one attached hydrogen (secondary N) is 1. The standard InChI is InChI=1S/C23H32N4O2S/c1-6-28-9-7-8-24-21-20-19(25-13-26-21)18-15-11-23(4,5)29-12-16(15)17(10-14(2)3)27-22(18)30-20/h13-14H,6-12H2,1-5H3,(H,24,25,26). The summed E-state index contributed by atoms with van der Waals surface area (Å²) in [6.45, 7) is 13.8. The second kappa shape index (κ2) is 8.73. The van der Waals surface area contributed by atoms with Crippen LogP contribution in [-0.2, 0) is 28.9 Å². The van der Waals surface area contributed by atoms with E-state index >= 15 is 0 Å². The van der Waals surface area contributed by atoms with Gasteiger partial charge in [-0.25, -0.2) is 15.0 Å². The normalized spacial score (nSPS) is 15.8. The van der Waals surface area contributed by atoms with Gasteiger partial charge in [0, 0.05) is 42.8 Å². The van der Waals surface area contributed by atoms with Gasteiger partial charge in [0.15, 0.2) is 0 Å². The summed E-state index contributed by atoms with van der Waals surface area (Å²) in [5.74, 6) is 1.44. The van der Waals surface area contributed by atoms with E-state index in [1.807, 2.05) is 6.92 Å². The SMILES string of the molecule is CCOCCCNc1ncnc2c1sc1nc(CC(C)C)c3c(c12)CC(C)(C)OC3. The van der Waals surface area contributed by atoms with E-state index in [1.54, 1.807) is 17.7 Å². The maximum atomic E-state index is 6.17. The Morgan fingerprint density at radius 3 is 2.87 bits per heavy atom. The summed E-state index contributed by atoms with van der Waals surface area (Å²) >= 11 is 1.70. The minimum Gasteiger partial charge on any atom is -0.382 e. The zero-order chi connectivity index (χ0) is 21.3. The Hall–Kier alpha value is -1.83. The average Bonchev–Trinajstić information content (AvgIpc) is 3.06. The van der Waals surface area contributed by atoms with Crippen molar-refractivity contribution in [1.82, 2.24) is 15.0 Å². The molecule has 0 aliphatic carbocycles. The fraction of sp³-hybridized carbons (Fsp3) is 0.609. The number of hydrogen-bond acceptors (Lipinski definition) is 7. The van der Waals surface area contributed by atoms with E-state index in [-0.39, 0.29) is 5.60 Å². The van der Waals surface area contributed by atoms with Crippen molar-refractivity contribution in [3.63, 3.8) is 0 Å². The third kappa shape index (κ3) is 4.29. The third-order valence-corrected chi connectivity index (χ3v) is 6.56. The molecule has 4 rings (SSSR count). The number of fused-ring (bicyclic) bond motifs is 5. The maximum Gasteiger partial charge on any atom is 0.147 e. The molecule has 0 unspecified atom stereocenters. The number of thiophene rings is 1. The van der Waals surface area contributed by atoms with Crippen LogP contribution >= 0.6 is 11.3 Å². The fourth-order valence-corrected chi connectivity index (χ4v) is 5.22. The quantitative estimate of drug-likeness (QED) is 0.502. The van der Waals surface area contributed by atoms with E-state index in [1.165, 1.54) is 22.2 Å². The van der Waals surface area contributed by atoms with Crippen LogP contribution in [0, 0.1) is 5.92 Å². The molecule has 1 aliphatic rings. The molecule has 0 saturated heterocycles. The minimum atomic E-state index is -0.183. The zero-order valence-corrected chi connectivity index (χ0v) is 19.5. The van der Waals surface area contributed by atoms with Crippen LogP contribution in [0.5, 0.6) is 0 Å². The highest BCUT2D eigenvalue weighted by Crippen LogP contribution is 2.42. The van der Waals surface area contributed by atoms with Crippen molar-refractivity contribution in [2.24, 2.45) is 5.92 Å². The van der Waals surface area contributed by atoms with Gasteiger partial charge < -0.3 is 14.8 Å². The number of nitrogens with zero attached hydrogens (tertiary/aromatic N) is 3. The Balaban J connectivity index is 1.80. The third-order valence-electron chi connectivity index (χ3n) is 5.48.